The molecule has 7 heteroatoms. The van der Waals surface area contributed by atoms with Crippen molar-refractivity contribution in [2.24, 2.45) is 5.73 Å². The maximum Gasteiger partial charge on any atom is 0.326 e. The van der Waals surface area contributed by atoms with Crippen molar-refractivity contribution in [1.82, 2.24) is 5.32 Å². The van der Waals surface area contributed by atoms with Crippen molar-refractivity contribution in [3.63, 3.8) is 0 Å². The second-order valence-corrected chi connectivity index (χ2v) is 2.38. The van der Waals surface area contributed by atoms with Gasteiger partial charge in [-0.2, -0.15) is 0 Å². The number of hydrogen-bond acceptors (Lipinski definition) is 3. The molecule has 0 spiro atoms. The molecule has 0 aromatic heterocycles. The first-order valence-electron chi connectivity index (χ1n) is 3.48. The number of rotatable bonds is 5. The summed E-state index contributed by atoms with van der Waals surface area (Å²) in [7, 11) is 0. The molecule has 0 rings (SSSR count). The fraction of sp³-hybridized carbons (Fsp3) is 0.500. The number of nitrogens with one attached hydrogen (secondary N) is 2. The van der Waals surface area contributed by atoms with Crippen LogP contribution >= 0.6 is 0 Å². The molecule has 0 fully saturated rings. The van der Waals surface area contributed by atoms with E-state index in [4.69, 9.17) is 21.4 Å². The number of nitrogens with two attached hydrogens (primary N) is 1. The zero-order valence-electron chi connectivity index (χ0n) is 6.78. The largest absolute Gasteiger partial charge is 0.481 e. The van der Waals surface area contributed by atoms with Gasteiger partial charge in [0.1, 0.15) is 6.04 Å². The minimum atomic E-state index is -1.23. The second kappa shape index (κ2) is 4.96. The average Bonchev–Trinajstić information content (AvgIpc) is 1.96. The lowest BCUT2D eigenvalue weighted by atomic mass is 10.1. The monoisotopic (exact) mass is 189 g/mol. The van der Waals surface area contributed by atoms with Gasteiger partial charge in [0.2, 0.25) is 0 Å². The summed E-state index contributed by atoms with van der Waals surface area (Å²) < 4.78 is 0. The average molecular weight is 189 g/mol. The van der Waals surface area contributed by atoms with Crippen molar-refractivity contribution >= 4 is 17.9 Å². The summed E-state index contributed by atoms with van der Waals surface area (Å²) >= 11 is 0. The van der Waals surface area contributed by atoms with Crippen molar-refractivity contribution in [1.29, 1.82) is 5.41 Å². The first kappa shape index (κ1) is 11.2. The molecule has 0 aromatic carbocycles. The molecule has 1 unspecified atom stereocenters. The van der Waals surface area contributed by atoms with E-state index in [1.807, 2.05) is 0 Å². The van der Waals surface area contributed by atoms with Gasteiger partial charge < -0.3 is 21.3 Å². The summed E-state index contributed by atoms with van der Waals surface area (Å²) in [5, 5.41) is 25.7. The number of hydrogen-bond donors (Lipinski definition) is 5. The van der Waals surface area contributed by atoms with E-state index in [1.165, 1.54) is 0 Å². The van der Waals surface area contributed by atoms with Crippen molar-refractivity contribution < 1.29 is 19.8 Å². The van der Waals surface area contributed by atoms with E-state index in [0.717, 1.165) is 0 Å². The lowest BCUT2D eigenvalue weighted by molar-refractivity contribution is -0.140. The van der Waals surface area contributed by atoms with E-state index >= 15 is 0 Å². The van der Waals surface area contributed by atoms with E-state index in [1.54, 1.807) is 0 Å². The Bertz CT molecular complexity index is 228. The molecule has 0 saturated heterocycles. The van der Waals surface area contributed by atoms with Crippen molar-refractivity contribution in [2.75, 3.05) is 0 Å². The number of guanidine groups is 1. The molecule has 0 aliphatic heterocycles. The van der Waals surface area contributed by atoms with Crippen LogP contribution in [-0.2, 0) is 9.59 Å². The number of carbonyl (C=O) groups is 2. The van der Waals surface area contributed by atoms with Crippen LogP contribution in [0.1, 0.15) is 12.8 Å². The summed E-state index contributed by atoms with van der Waals surface area (Å²) in [4.78, 5) is 20.5. The molecule has 74 valence electrons. The zero-order chi connectivity index (χ0) is 10.4. The molecule has 0 aliphatic carbocycles. The lowest BCUT2D eigenvalue weighted by Crippen LogP contribution is -2.44. The number of aliphatic carboxylic acids is 2. The van der Waals surface area contributed by atoms with Crippen LogP contribution in [0.3, 0.4) is 0 Å². The van der Waals surface area contributed by atoms with Crippen LogP contribution in [-0.4, -0.2) is 34.2 Å². The summed E-state index contributed by atoms with van der Waals surface area (Å²) in [6.07, 6.45) is -0.387. The molecule has 0 aromatic rings. The van der Waals surface area contributed by atoms with E-state index in [-0.39, 0.29) is 12.8 Å². The third kappa shape index (κ3) is 5.48. The van der Waals surface area contributed by atoms with E-state index in [2.05, 4.69) is 5.32 Å². The Balaban J connectivity index is 4.02. The molecule has 6 N–H and O–H groups in total. The van der Waals surface area contributed by atoms with Crippen LogP contribution in [0.2, 0.25) is 0 Å². The van der Waals surface area contributed by atoms with E-state index in [9.17, 15) is 9.59 Å². The first-order valence-corrected chi connectivity index (χ1v) is 3.48. The normalized spacial score (nSPS) is 11.7. The van der Waals surface area contributed by atoms with Gasteiger partial charge in [-0.15, -0.1) is 0 Å². The van der Waals surface area contributed by atoms with Crippen LogP contribution in [0.4, 0.5) is 0 Å². The van der Waals surface area contributed by atoms with Crippen LogP contribution in [0.15, 0.2) is 0 Å². The lowest BCUT2D eigenvalue weighted by Gasteiger charge is -2.12. The van der Waals surface area contributed by atoms with Crippen LogP contribution < -0.4 is 11.1 Å². The smallest absolute Gasteiger partial charge is 0.326 e. The molecular formula is C6H11N3O4. The van der Waals surface area contributed by atoms with Gasteiger partial charge >= 0.3 is 11.9 Å². The fourth-order valence-electron chi connectivity index (χ4n) is 0.713. The zero-order valence-corrected chi connectivity index (χ0v) is 6.78. The standard InChI is InChI=1S/C6H11N3O4/c7-6(8)9-3(5(12)13)1-2-4(10)11/h3H,1-2H2,(H,10,11)(H,12,13)(H4,7,8,9). The fourth-order valence-corrected chi connectivity index (χ4v) is 0.713. The van der Waals surface area contributed by atoms with E-state index in [0.29, 0.717) is 0 Å². The topological polar surface area (TPSA) is 136 Å². The highest BCUT2D eigenvalue weighted by Gasteiger charge is 2.18. The quantitative estimate of drug-likeness (QED) is 0.272. The van der Waals surface area contributed by atoms with Gasteiger partial charge in [0.05, 0.1) is 0 Å². The molecule has 7 nitrogen and oxygen atoms in total. The highest BCUT2D eigenvalue weighted by atomic mass is 16.4. The Morgan fingerprint density at radius 1 is 1.46 bits per heavy atom. The molecular weight excluding hydrogens is 178 g/mol. The van der Waals surface area contributed by atoms with Crippen molar-refractivity contribution in [3.05, 3.63) is 0 Å². The van der Waals surface area contributed by atoms with Gasteiger partial charge in [-0.05, 0) is 6.42 Å². The summed E-state index contributed by atoms with van der Waals surface area (Å²) in [5.74, 6) is -2.80. The van der Waals surface area contributed by atoms with Crippen LogP contribution in [0.5, 0.6) is 0 Å². The highest BCUT2D eigenvalue weighted by molar-refractivity contribution is 5.83. The Hall–Kier alpha value is -1.79. The summed E-state index contributed by atoms with van der Waals surface area (Å²) in [6.45, 7) is 0. The Morgan fingerprint density at radius 2 is 2.00 bits per heavy atom. The van der Waals surface area contributed by atoms with Crippen LogP contribution in [0.25, 0.3) is 0 Å². The Labute approximate surface area is 74.1 Å². The predicted octanol–water partition coefficient (Wildman–Crippen LogP) is -1.21. The van der Waals surface area contributed by atoms with Gasteiger partial charge in [-0.25, -0.2) is 4.79 Å². The second-order valence-electron chi connectivity index (χ2n) is 2.38. The van der Waals surface area contributed by atoms with Gasteiger partial charge in [-0.1, -0.05) is 0 Å². The minimum absolute atomic E-state index is 0.107. The third-order valence-corrected chi connectivity index (χ3v) is 1.27. The van der Waals surface area contributed by atoms with Gasteiger partial charge in [0, 0.05) is 6.42 Å². The Kier molecular flexibility index (Phi) is 4.28. The predicted molar refractivity (Wildman–Crippen MR) is 43.3 cm³/mol. The molecule has 0 amide bonds. The SMILES string of the molecule is N=C(N)NC(CCC(=O)O)C(=O)O. The Morgan fingerprint density at radius 3 is 2.31 bits per heavy atom. The molecule has 0 radical (unpaired) electrons. The summed E-state index contributed by atoms with van der Waals surface area (Å²) in [6, 6.07) is -1.12. The van der Waals surface area contributed by atoms with Gasteiger partial charge in [-0.3, -0.25) is 10.2 Å². The molecule has 13 heavy (non-hydrogen) atoms. The molecule has 1 atom stereocenters. The summed E-state index contributed by atoms with van der Waals surface area (Å²) in [5.41, 5.74) is 4.90. The van der Waals surface area contributed by atoms with Crippen molar-refractivity contribution in [2.45, 2.75) is 18.9 Å². The maximum absolute atomic E-state index is 10.4. The van der Waals surface area contributed by atoms with Gasteiger partial charge in [0.25, 0.3) is 0 Å². The molecule has 0 heterocycles. The number of carboxylic acid groups (broad SMARTS) is 2. The van der Waals surface area contributed by atoms with Gasteiger partial charge in [0.15, 0.2) is 5.96 Å². The molecule has 0 bridgehead atoms. The maximum atomic E-state index is 10.4. The molecule has 0 saturated carbocycles. The minimum Gasteiger partial charge on any atom is -0.481 e. The van der Waals surface area contributed by atoms with Crippen LogP contribution in [0, 0.1) is 5.41 Å². The molecule has 0 aliphatic rings. The third-order valence-electron chi connectivity index (χ3n) is 1.27. The van der Waals surface area contributed by atoms with Crippen molar-refractivity contribution in [3.8, 4) is 0 Å². The highest BCUT2D eigenvalue weighted by Crippen LogP contribution is 1.97. The number of carboxylic acids is 2. The van der Waals surface area contributed by atoms with E-state index < -0.39 is 23.9 Å². The first-order chi connectivity index (χ1) is 5.93.